The van der Waals surface area contributed by atoms with Crippen LogP contribution >= 0.6 is 11.3 Å². The Morgan fingerprint density at radius 1 is 1.22 bits per heavy atom. The predicted octanol–water partition coefficient (Wildman–Crippen LogP) is 4.26. The van der Waals surface area contributed by atoms with Gasteiger partial charge in [-0.25, -0.2) is 4.98 Å². The van der Waals surface area contributed by atoms with E-state index < -0.39 is 4.92 Å². The average molecular weight is 379 g/mol. The first-order valence-electron chi connectivity index (χ1n) is 8.05. The zero-order valence-electron chi connectivity index (χ0n) is 13.9. The Balaban J connectivity index is 1.46. The van der Waals surface area contributed by atoms with E-state index in [1.54, 1.807) is 18.2 Å². The molecule has 1 aromatic heterocycles. The summed E-state index contributed by atoms with van der Waals surface area (Å²) in [6.45, 7) is 0.429. The number of nitro benzene ring substituents is 1. The number of anilines is 1. The monoisotopic (exact) mass is 379 g/mol. The number of carbonyl (C=O) groups is 1. The van der Waals surface area contributed by atoms with Gasteiger partial charge >= 0.3 is 0 Å². The smallest absolute Gasteiger partial charge is 0.269 e. The number of nitrogens with one attached hydrogen (secondary N) is 1. The van der Waals surface area contributed by atoms with Crippen LogP contribution in [0.25, 0.3) is 17.3 Å². The lowest BCUT2D eigenvalue weighted by molar-refractivity contribution is -0.384. The maximum absolute atomic E-state index is 12.1. The van der Waals surface area contributed by atoms with Crippen molar-refractivity contribution in [3.8, 4) is 17.0 Å². The molecule has 1 amide bonds. The number of carbonyl (C=O) groups excluding carboxylic acids is 1. The molecule has 0 radical (unpaired) electrons. The summed E-state index contributed by atoms with van der Waals surface area (Å²) >= 11 is 1.38. The lowest BCUT2D eigenvalue weighted by Crippen LogP contribution is -2.07. The number of non-ortho nitro benzene ring substituents is 1. The first-order chi connectivity index (χ1) is 13.1. The van der Waals surface area contributed by atoms with Crippen LogP contribution in [-0.2, 0) is 11.4 Å². The van der Waals surface area contributed by atoms with Gasteiger partial charge in [0.1, 0.15) is 12.4 Å². The molecule has 1 aliphatic heterocycles. The van der Waals surface area contributed by atoms with Gasteiger partial charge in [0.2, 0.25) is 5.91 Å². The van der Waals surface area contributed by atoms with Crippen molar-refractivity contribution in [2.45, 2.75) is 6.61 Å². The van der Waals surface area contributed by atoms with E-state index in [0.717, 1.165) is 21.9 Å². The number of aromatic nitrogens is 1. The Kier molecular flexibility index (Phi) is 4.39. The van der Waals surface area contributed by atoms with Gasteiger partial charge in [-0.3, -0.25) is 20.2 Å². The number of nitrogens with zero attached hydrogens (tertiary/aromatic N) is 2. The first-order valence-corrected chi connectivity index (χ1v) is 8.87. The molecule has 1 aliphatic rings. The van der Waals surface area contributed by atoms with Crippen LogP contribution in [0, 0.1) is 10.1 Å². The Morgan fingerprint density at radius 3 is 2.78 bits per heavy atom. The second-order valence-corrected chi connectivity index (χ2v) is 6.83. The largest absolute Gasteiger partial charge is 0.487 e. The fourth-order valence-corrected chi connectivity index (χ4v) is 3.56. The summed E-state index contributed by atoms with van der Waals surface area (Å²) in [5, 5.41) is 13.9. The Morgan fingerprint density at radius 2 is 2.00 bits per heavy atom. The number of fused-ring (bicyclic) bond motifs is 3. The molecular weight excluding hydrogens is 366 g/mol. The Hall–Kier alpha value is -3.52. The molecule has 0 atom stereocenters. The molecule has 0 unspecified atom stereocenters. The minimum atomic E-state index is -0.466. The third kappa shape index (κ3) is 3.56. The van der Waals surface area contributed by atoms with Gasteiger partial charge < -0.3 is 4.74 Å². The Bertz CT molecular complexity index is 1060. The van der Waals surface area contributed by atoms with Crippen molar-refractivity contribution in [2.24, 2.45) is 0 Å². The quantitative estimate of drug-likeness (QED) is 0.415. The standard InChI is InChI=1S/C19H13N3O4S/c23-17(10-7-12-5-8-13(9-6-12)22(24)25)20-19-21-18-14-3-1-2-4-15(14)26-11-16(18)27-19/h1-10H,11H2,(H,20,21,23). The zero-order chi connectivity index (χ0) is 18.8. The van der Waals surface area contributed by atoms with Crippen LogP contribution in [0.5, 0.6) is 5.75 Å². The summed E-state index contributed by atoms with van der Waals surface area (Å²) in [5.74, 6) is 0.458. The van der Waals surface area contributed by atoms with Crippen molar-refractivity contribution in [3.63, 3.8) is 0 Å². The molecule has 134 valence electrons. The number of ether oxygens (including phenoxy) is 1. The summed E-state index contributed by atoms with van der Waals surface area (Å²) in [7, 11) is 0. The van der Waals surface area contributed by atoms with E-state index in [9.17, 15) is 14.9 Å². The van der Waals surface area contributed by atoms with Crippen LogP contribution in [0.3, 0.4) is 0 Å². The summed E-state index contributed by atoms with van der Waals surface area (Å²) in [6.07, 6.45) is 2.96. The van der Waals surface area contributed by atoms with Crippen molar-refractivity contribution < 1.29 is 14.5 Å². The molecule has 3 aromatic rings. The van der Waals surface area contributed by atoms with Gasteiger partial charge in [0, 0.05) is 23.8 Å². The van der Waals surface area contributed by atoms with E-state index in [0.29, 0.717) is 17.3 Å². The fraction of sp³-hybridized carbons (Fsp3) is 0.0526. The number of para-hydroxylation sites is 1. The molecule has 8 heteroatoms. The van der Waals surface area contributed by atoms with Crippen molar-refractivity contribution in [1.29, 1.82) is 0 Å². The highest BCUT2D eigenvalue weighted by Gasteiger charge is 2.22. The molecule has 0 saturated carbocycles. The molecule has 4 rings (SSSR count). The van der Waals surface area contributed by atoms with Crippen molar-refractivity contribution in [1.82, 2.24) is 4.98 Å². The van der Waals surface area contributed by atoms with Gasteiger partial charge in [-0.05, 0) is 35.9 Å². The molecule has 1 N–H and O–H groups in total. The van der Waals surface area contributed by atoms with Crippen LogP contribution in [0.2, 0.25) is 0 Å². The maximum Gasteiger partial charge on any atom is 0.269 e. The molecule has 0 saturated heterocycles. The minimum Gasteiger partial charge on any atom is -0.487 e. The van der Waals surface area contributed by atoms with Gasteiger partial charge in [-0.2, -0.15) is 0 Å². The first kappa shape index (κ1) is 16.9. The van der Waals surface area contributed by atoms with Crippen LogP contribution in [0.15, 0.2) is 54.6 Å². The number of hydrogen-bond acceptors (Lipinski definition) is 6. The zero-order valence-corrected chi connectivity index (χ0v) is 14.7. The molecule has 0 spiro atoms. The van der Waals surface area contributed by atoms with Gasteiger partial charge in [-0.15, -0.1) is 0 Å². The average Bonchev–Trinajstić information content (AvgIpc) is 3.09. The highest BCUT2D eigenvalue weighted by molar-refractivity contribution is 7.16. The third-order valence-corrected chi connectivity index (χ3v) is 4.90. The summed E-state index contributed by atoms with van der Waals surface area (Å²) in [5.41, 5.74) is 2.44. The molecule has 0 bridgehead atoms. The second kappa shape index (κ2) is 7.00. The van der Waals surface area contributed by atoms with E-state index in [1.165, 1.54) is 29.5 Å². The number of nitro groups is 1. The topological polar surface area (TPSA) is 94.4 Å². The maximum atomic E-state index is 12.1. The van der Waals surface area contributed by atoms with Gasteiger partial charge in [-0.1, -0.05) is 23.5 Å². The number of rotatable bonds is 4. The number of benzene rings is 2. The van der Waals surface area contributed by atoms with E-state index in [2.05, 4.69) is 10.3 Å². The highest BCUT2D eigenvalue weighted by atomic mass is 32.1. The van der Waals surface area contributed by atoms with Crippen molar-refractivity contribution >= 4 is 34.1 Å². The van der Waals surface area contributed by atoms with Crippen molar-refractivity contribution in [2.75, 3.05) is 5.32 Å². The van der Waals surface area contributed by atoms with E-state index in [1.807, 2.05) is 24.3 Å². The van der Waals surface area contributed by atoms with E-state index in [-0.39, 0.29) is 11.6 Å². The molecule has 2 aromatic carbocycles. The summed E-state index contributed by atoms with van der Waals surface area (Å²) < 4.78 is 5.70. The molecule has 27 heavy (non-hydrogen) atoms. The van der Waals surface area contributed by atoms with Crippen LogP contribution in [0.4, 0.5) is 10.8 Å². The van der Waals surface area contributed by atoms with Gasteiger partial charge in [0.05, 0.1) is 15.5 Å². The molecule has 2 heterocycles. The van der Waals surface area contributed by atoms with Crippen LogP contribution < -0.4 is 10.1 Å². The second-order valence-electron chi connectivity index (χ2n) is 5.75. The normalized spacial score (nSPS) is 12.1. The van der Waals surface area contributed by atoms with Gasteiger partial charge in [0.15, 0.2) is 5.13 Å². The minimum absolute atomic E-state index is 0.00691. The van der Waals surface area contributed by atoms with Crippen molar-refractivity contribution in [3.05, 3.63) is 75.2 Å². The number of thiazole rings is 1. The Labute approximate surface area is 158 Å². The summed E-state index contributed by atoms with van der Waals surface area (Å²) in [4.78, 5) is 27.8. The fourth-order valence-electron chi connectivity index (χ4n) is 2.67. The van der Waals surface area contributed by atoms with Crippen LogP contribution in [0.1, 0.15) is 10.4 Å². The summed E-state index contributed by atoms with van der Waals surface area (Å²) in [6, 6.07) is 13.6. The highest BCUT2D eigenvalue weighted by Crippen LogP contribution is 2.40. The lowest BCUT2D eigenvalue weighted by atomic mass is 10.1. The third-order valence-electron chi connectivity index (χ3n) is 3.96. The molecule has 0 aliphatic carbocycles. The molecular formula is C19H13N3O4S. The molecule has 0 fully saturated rings. The lowest BCUT2D eigenvalue weighted by Gasteiger charge is -2.15. The number of hydrogen-bond donors (Lipinski definition) is 1. The number of amides is 1. The van der Waals surface area contributed by atoms with Crippen LogP contribution in [-0.4, -0.2) is 15.8 Å². The molecule has 7 nitrogen and oxygen atoms in total. The van der Waals surface area contributed by atoms with E-state index >= 15 is 0 Å². The van der Waals surface area contributed by atoms with E-state index in [4.69, 9.17) is 4.74 Å². The van der Waals surface area contributed by atoms with Gasteiger partial charge in [0.25, 0.3) is 5.69 Å². The predicted molar refractivity (Wildman–Crippen MR) is 103 cm³/mol. The SMILES string of the molecule is O=C(C=Cc1ccc([N+](=O)[O-])cc1)Nc1nc2c(s1)COc1ccccc1-2.